The maximum atomic E-state index is 11.9. The first-order chi connectivity index (χ1) is 9.06. The van der Waals surface area contributed by atoms with E-state index in [1.165, 1.54) is 17.4 Å². The summed E-state index contributed by atoms with van der Waals surface area (Å²) in [6, 6.07) is 3.32. The van der Waals surface area contributed by atoms with Crippen molar-refractivity contribution in [2.45, 2.75) is 0 Å². The highest BCUT2D eigenvalue weighted by molar-refractivity contribution is 7.11. The van der Waals surface area contributed by atoms with Gasteiger partial charge < -0.3 is 10.4 Å². The Kier molecular flexibility index (Phi) is 3.76. The number of rotatable bonds is 4. The molecule has 2 rings (SSSR count). The van der Waals surface area contributed by atoms with E-state index in [0.29, 0.717) is 16.3 Å². The van der Waals surface area contributed by atoms with Crippen molar-refractivity contribution in [1.82, 2.24) is 9.78 Å². The van der Waals surface area contributed by atoms with Gasteiger partial charge in [-0.25, -0.2) is 4.79 Å². The lowest BCUT2D eigenvalue weighted by molar-refractivity contribution is -0.131. The summed E-state index contributed by atoms with van der Waals surface area (Å²) < 4.78 is 1.55. The van der Waals surface area contributed by atoms with Gasteiger partial charge in [0.05, 0.1) is 11.8 Å². The third-order valence-corrected chi connectivity index (χ3v) is 3.23. The monoisotopic (exact) mass is 277 g/mol. The van der Waals surface area contributed by atoms with Gasteiger partial charge >= 0.3 is 5.97 Å². The molecule has 0 fully saturated rings. The Bertz CT molecular complexity index is 642. The lowest BCUT2D eigenvalue weighted by atomic mass is 10.3. The topological polar surface area (TPSA) is 84.2 Å². The minimum Gasteiger partial charge on any atom is -0.478 e. The molecule has 0 unspecified atom stereocenters. The van der Waals surface area contributed by atoms with Gasteiger partial charge in [-0.05, 0) is 12.1 Å². The summed E-state index contributed by atoms with van der Waals surface area (Å²) in [7, 11) is 1.73. The number of carbonyl (C=O) groups excluding carboxylic acids is 1. The standard InChI is InChI=1S/C12H11N3O3S/c1-15-10(4-5-13-15)14-12(18)8-6-9(19-7-8)2-3-11(16)17/h2-7H,1H3,(H,14,18)(H,16,17). The summed E-state index contributed by atoms with van der Waals surface area (Å²) in [5.41, 5.74) is 0.483. The van der Waals surface area contributed by atoms with Crippen molar-refractivity contribution in [3.05, 3.63) is 40.2 Å². The number of hydrogen-bond acceptors (Lipinski definition) is 4. The second-order valence-electron chi connectivity index (χ2n) is 3.70. The number of nitrogens with zero attached hydrogens (tertiary/aromatic N) is 2. The summed E-state index contributed by atoms with van der Waals surface area (Å²) in [6.45, 7) is 0. The predicted octanol–water partition coefficient (Wildman–Crippen LogP) is 1.83. The number of carboxylic acid groups (broad SMARTS) is 1. The average molecular weight is 277 g/mol. The summed E-state index contributed by atoms with van der Waals surface area (Å²) in [5.74, 6) is -0.678. The predicted molar refractivity (Wildman–Crippen MR) is 72.2 cm³/mol. The fourth-order valence-electron chi connectivity index (χ4n) is 1.40. The molecule has 19 heavy (non-hydrogen) atoms. The van der Waals surface area contributed by atoms with Gasteiger partial charge in [0.1, 0.15) is 5.82 Å². The molecular formula is C12H11N3O3S. The Morgan fingerprint density at radius 3 is 2.95 bits per heavy atom. The van der Waals surface area contributed by atoms with Crippen molar-refractivity contribution < 1.29 is 14.7 Å². The maximum Gasteiger partial charge on any atom is 0.328 e. The number of thiophene rings is 1. The number of nitrogens with one attached hydrogen (secondary N) is 1. The lowest BCUT2D eigenvalue weighted by Gasteiger charge is -2.02. The molecule has 2 heterocycles. The first kappa shape index (κ1) is 13.0. The van der Waals surface area contributed by atoms with Gasteiger partial charge in [0.2, 0.25) is 0 Å². The third kappa shape index (κ3) is 3.29. The molecule has 0 aliphatic carbocycles. The van der Waals surface area contributed by atoms with Crippen molar-refractivity contribution in [2.75, 3.05) is 5.32 Å². The molecule has 0 aliphatic rings. The summed E-state index contributed by atoms with van der Waals surface area (Å²) >= 11 is 1.30. The second kappa shape index (κ2) is 5.49. The first-order valence-electron chi connectivity index (χ1n) is 5.35. The fraction of sp³-hybridized carbons (Fsp3) is 0.0833. The van der Waals surface area contributed by atoms with Crippen LogP contribution in [0.5, 0.6) is 0 Å². The van der Waals surface area contributed by atoms with Crippen LogP contribution in [0.15, 0.2) is 29.8 Å². The number of anilines is 1. The van der Waals surface area contributed by atoms with E-state index in [9.17, 15) is 9.59 Å². The molecule has 6 nitrogen and oxygen atoms in total. The largest absolute Gasteiger partial charge is 0.478 e. The fourth-order valence-corrected chi connectivity index (χ4v) is 2.18. The molecule has 2 aromatic rings. The maximum absolute atomic E-state index is 11.9. The molecule has 7 heteroatoms. The van der Waals surface area contributed by atoms with E-state index in [0.717, 1.165) is 6.08 Å². The van der Waals surface area contributed by atoms with Crippen LogP contribution < -0.4 is 5.32 Å². The number of carbonyl (C=O) groups is 2. The average Bonchev–Trinajstić information content (AvgIpc) is 2.97. The molecule has 2 aromatic heterocycles. The number of aliphatic carboxylic acids is 1. The van der Waals surface area contributed by atoms with Crippen molar-refractivity contribution in [3.63, 3.8) is 0 Å². The van der Waals surface area contributed by atoms with E-state index in [4.69, 9.17) is 5.11 Å². The Hall–Kier alpha value is -2.41. The first-order valence-corrected chi connectivity index (χ1v) is 6.23. The molecule has 0 atom stereocenters. The van der Waals surface area contributed by atoms with Crippen LogP contribution in [-0.4, -0.2) is 26.8 Å². The van der Waals surface area contributed by atoms with Gasteiger partial charge in [-0.1, -0.05) is 0 Å². The quantitative estimate of drug-likeness (QED) is 0.835. The second-order valence-corrected chi connectivity index (χ2v) is 4.65. The van der Waals surface area contributed by atoms with Gasteiger partial charge in [0, 0.05) is 29.4 Å². The number of carboxylic acids is 1. The number of aryl methyl sites for hydroxylation is 1. The minimum absolute atomic E-state index is 0.255. The smallest absolute Gasteiger partial charge is 0.328 e. The molecule has 0 aliphatic heterocycles. The molecule has 1 amide bonds. The van der Waals surface area contributed by atoms with Crippen LogP contribution in [0.25, 0.3) is 6.08 Å². The van der Waals surface area contributed by atoms with Crippen molar-refractivity contribution in [1.29, 1.82) is 0 Å². The van der Waals surface area contributed by atoms with Crippen LogP contribution in [0.2, 0.25) is 0 Å². The highest BCUT2D eigenvalue weighted by Gasteiger charge is 2.10. The number of aromatic nitrogens is 2. The van der Waals surface area contributed by atoms with E-state index >= 15 is 0 Å². The van der Waals surface area contributed by atoms with Crippen LogP contribution in [0.1, 0.15) is 15.2 Å². The molecule has 0 aromatic carbocycles. The van der Waals surface area contributed by atoms with E-state index in [2.05, 4.69) is 10.4 Å². The number of amides is 1. The van der Waals surface area contributed by atoms with Crippen LogP contribution in [0, 0.1) is 0 Å². The summed E-state index contributed by atoms with van der Waals surface area (Å²) in [5, 5.41) is 16.9. The van der Waals surface area contributed by atoms with Gasteiger partial charge in [-0.2, -0.15) is 5.10 Å². The molecule has 98 valence electrons. The van der Waals surface area contributed by atoms with Gasteiger partial charge in [-0.3, -0.25) is 9.48 Å². The van der Waals surface area contributed by atoms with Gasteiger partial charge in [-0.15, -0.1) is 11.3 Å². The van der Waals surface area contributed by atoms with Crippen LogP contribution in [-0.2, 0) is 11.8 Å². The van der Waals surface area contributed by atoms with Crippen molar-refractivity contribution in [3.8, 4) is 0 Å². The molecule has 0 bridgehead atoms. The van der Waals surface area contributed by atoms with Crippen LogP contribution in [0.3, 0.4) is 0 Å². The normalized spacial score (nSPS) is 10.8. The van der Waals surface area contributed by atoms with E-state index in [-0.39, 0.29) is 5.91 Å². The summed E-state index contributed by atoms with van der Waals surface area (Å²) in [4.78, 5) is 23.0. The lowest BCUT2D eigenvalue weighted by Crippen LogP contribution is -2.13. The molecule has 0 saturated carbocycles. The molecule has 0 radical (unpaired) electrons. The SMILES string of the molecule is Cn1nccc1NC(=O)c1csc(C=CC(=O)O)c1. The van der Waals surface area contributed by atoms with Crippen molar-refractivity contribution in [2.24, 2.45) is 7.05 Å². The molecule has 0 spiro atoms. The van der Waals surface area contributed by atoms with Crippen LogP contribution >= 0.6 is 11.3 Å². The molecular weight excluding hydrogens is 266 g/mol. The van der Waals surface area contributed by atoms with E-state index in [1.54, 1.807) is 35.4 Å². The molecule has 2 N–H and O–H groups in total. The summed E-state index contributed by atoms with van der Waals surface area (Å²) in [6.07, 6.45) is 4.08. The highest BCUT2D eigenvalue weighted by Crippen LogP contribution is 2.17. The van der Waals surface area contributed by atoms with Gasteiger partial charge in [0.25, 0.3) is 5.91 Å². The van der Waals surface area contributed by atoms with Crippen molar-refractivity contribution >= 4 is 35.1 Å². The minimum atomic E-state index is -1.02. The third-order valence-electron chi connectivity index (χ3n) is 2.33. The van der Waals surface area contributed by atoms with Gasteiger partial charge in [0.15, 0.2) is 0 Å². The van der Waals surface area contributed by atoms with Crippen LogP contribution in [0.4, 0.5) is 5.82 Å². The Morgan fingerprint density at radius 1 is 1.53 bits per heavy atom. The number of hydrogen-bond donors (Lipinski definition) is 2. The Labute approximate surface area is 113 Å². The zero-order valence-corrected chi connectivity index (χ0v) is 10.8. The Morgan fingerprint density at radius 2 is 2.32 bits per heavy atom. The van der Waals surface area contributed by atoms with E-state index in [1.807, 2.05) is 0 Å². The zero-order chi connectivity index (χ0) is 13.8. The highest BCUT2D eigenvalue weighted by atomic mass is 32.1. The Balaban J connectivity index is 2.08. The van der Waals surface area contributed by atoms with E-state index < -0.39 is 5.97 Å². The zero-order valence-electron chi connectivity index (χ0n) is 10.0. The molecule has 0 saturated heterocycles.